The number of carbonyl (C=O) groups excluding carboxylic acids is 2. The summed E-state index contributed by atoms with van der Waals surface area (Å²) in [5.41, 5.74) is 0. The lowest BCUT2D eigenvalue weighted by Gasteiger charge is -2.31. The molecule has 5 nitrogen and oxygen atoms in total. The second kappa shape index (κ2) is 10.4. The van der Waals surface area contributed by atoms with Gasteiger partial charge in [0.25, 0.3) is 5.91 Å². The van der Waals surface area contributed by atoms with Crippen molar-refractivity contribution in [3.05, 3.63) is 30.1 Å². The quantitative estimate of drug-likeness (QED) is 0.521. The third-order valence-corrected chi connectivity index (χ3v) is 5.31. The number of halogens is 1. The predicted molar refractivity (Wildman–Crippen MR) is 97.2 cm³/mol. The molecule has 1 fully saturated rings. The number of piperazine rings is 1. The summed E-state index contributed by atoms with van der Waals surface area (Å²) in [6.07, 6.45) is 2.07. The molecular weight excluding hydrogens is 341 g/mol. The van der Waals surface area contributed by atoms with Crippen LogP contribution in [0.15, 0.2) is 29.2 Å². The van der Waals surface area contributed by atoms with Gasteiger partial charge in [-0.2, -0.15) is 0 Å². The van der Waals surface area contributed by atoms with E-state index in [0.717, 1.165) is 32.5 Å². The van der Waals surface area contributed by atoms with E-state index in [2.05, 4.69) is 12.2 Å². The summed E-state index contributed by atoms with van der Waals surface area (Å²) >= 11 is 1.23. The Morgan fingerprint density at radius 2 is 2.00 bits per heavy atom. The van der Waals surface area contributed by atoms with Gasteiger partial charge in [0, 0.05) is 11.4 Å². The third-order valence-electron chi connectivity index (χ3n) is 4.27. The third kappa shape index (κ3) is 6.66. The van der Waals surface area contributed by atoms with Gasteiger partial charge >= 0.3 is 0 Å². The summed E-state index contributed by atoms with van der Waals surface area (Å²) in [5, 5.41) is 2.93. The zero-order chi connectivity index (χ0) is 18.1. The maximum absolute atomic E-state index is 13.6. The fraction of sp³-hybridized carbons (Fsp3) is 0.556. The van der Waals surface area contributed by atoms with Crippen molar-refractivity contribution in [2.24, 2.45) is 0 Å². The van der Waals surface area contributed by atoms with Gasteiger partial charge in [0.2, 0.25) is 5.91 Å². The molecule has 2 amide bonds. The minimum absolute atomic E-state index is 0.0275. The van der Waals surface area contributed by atoms with Crippen LogP contribution in [0.4, 0.5) is 4.39 Å². The van der Waals surface area contributed by atoms with Gasteiger partial charge in [-0.05, 0) is 18.6 Å². The molecule has 1 aliphatic rings. The number of amides is 2. The van der Waals surface area contributed by atoms with Gasteiger partial charge in [0.15, 0.2) is 6.54 Å². The standard InChI is InChI=1S/C18H26FN3O2S/c1-2-3-8-20-17(23)13-21-9-11-22(12-10-21)18(24)14-25-16-7-5-4-6-15(16)19/h4-7H,2-3,8-14H2,1H3,(H,20,23)/p+1. The molecule has 0 aromatic heterocycles. The van der Waals surface area contributed by atoms with Crippen molar-refractivity contribution in [1.29, 1.82) is 0 Å². The Kier molecular flexibility index (Phi) is 8.21. The molecule has 7 heteroatoms. The molecular formula is C18H27FN3O2S+. The average molecular weight is 368 g/mol. The highest BCUT2D eigenvalue weighted by Gasteiger charge is 2.25. The first-order valence-electron chi connectivity index (χ1n) is 8.85. The summed E-state index contributed by atoms with van der Waals surface area (Å²) in [5.74, 6) is 0.0648. The highest BCUT2D eigenvalue weighted by Crippen LogP contribution is 2.21. The van der Waals surface area contributed by atoms with Crippen molar-refractivity contribution < 1.29 is 18.9 Å². The molecule has 0 radical (unpaired) electrons. The summed E-state index contributed by atoms with van der Waals surface area (Å²) in [4.78, 5) is 27.6. The van der Waals surface area contributed by atoms with Crippen LogP contribution < -0.4 is 10.2 Å². The number of unbranched alkanes of at least 4 members (excludes halogenated alkanes) is 1. The molecule has 0 bridgehead atoms. The van der Waals surface area contributed by atoms with Gasteiger partial charge in [-0.1, -0.05) is 25.5 Å². The van der Waals surface area contributed by atoms with E-state index in [9.17, 15) is 14.0 Å². The van der Waals surface area contributed by atoms with Crippen molar-refractivity contribution in [2.45, 2.75) is 24.7 Å². The van der Waals surface area contributed by atoms with E-state index in [1.807, 2.05) is 4.90 Å². The highest BCUT2D eigenvalue weighted by atomic mass is 32.2. The Balaban J connectivity index is 1.68. The topological polar surface area (TPSA) is 53.9 Å². The van der Waals surface area contributed by atoms with E-state index in [1.54, 1.807) is 18.2 Å². The monoisotopic (exact) mass is 368 g/mol. The van der Waals surface area contributed by atoms with E-state index < -0.39 is 0 Å². The average Bonchev–Trinajstić information content (AvgIpc) is 2.61. The van der Waals surface area contributed by atoms with Crippen LogP contribution in [-0.2, 0) is 9.59 Å². The molecule has 0 atom stereocenters. The molecule has 1 saturated heterocycles. The van der Waals surface area contributed by atoms with Crippen molar-refractivity contribution in [2.75, 3.05) is 45.0 Å². The first kappa shape index (κ1) is 19.7. The molecule has 0 spiro atoms. The molecule has 1 heterocycles. The fourth-order valence-electron chi connectivity index (χ4n) is 2.74. The highest BCUT2D eigenvalue weighted by molar-refractivity contribution is 8.00. The predicted octanol–water partition coefficient (Wildman–Crippen LogP) is 0.561. The summed E-state index contributed by atoms with van der Waals surface area (Å²) < 4.78 is 13.6. The van der Waals surface area contributed by atoms with Crippen molar-refractivity contribution in [3.63, 3.8) is 0 Å². The molecule has 0 unspecified atom stereocenters. The Bertz CT molecular complexity index is 577. The number of quaternary nitrogens is 1. The number of rotatable bonds is 8. The van der Waals surface area contributed by atoms with Gasteiger partial charge in [0.1, 0.15) is 5.82 Å². The van der Waals surface area contributed by atoms with Gasteiger partial charge in [-0.3, -0.25) is 9.59 Å². The Morgan fingerprint density at radius 1 is 1.28 bits per heavy atom. The summed E-state index contributed by atoms with van der Waals surface area (Å²) in [6, 6.07) is 6.50. The largest absolute Gasteiger partial charge is 0.351 e. The van der Waals surface area contributed by atoms with Crippen LogP contribution in [0.2, 0.25) is 0 Å². The number of nitrogens with zero attached hydrogens (tertiary/aromatic N) is 1. The van der Waals surface area contributed by atoms with Crippen LogP contribution >= 0.6 is 11.8 Å². The minimum Gasteiger partial charge on any atom is -0.351 e. The van der Waals surface area contributed by atoms with Gasteiger partial charge < -0.3 is 15.1 Å². The minimum atomic E-state index is -0.288. The van der Waals surface area contributed by atoms with Crippen LogP contribution in [0, 0.1) is 5.82 Å². The second-order valence-electron chi connectivity index (χ2n) is 6.23. The Labute approximate surface area is 152 Å². The van der Waals surface area contributed by atoms with Gasteiger partial charge in [0.05, 0.1) is 31.9 Å². The van der Waals surface area contributed by atoms with Crippen LogP contribution in [0.25, 0.3) is 0 Å². The number of benzene rings is 1. The number of thioether (sulfide) groups is 1. The molecule has 1 aliphatic heterocycles. The molecule has 1 aromatic rings. The maximum atomic E-state index is 13.6. The molecule has 0 aliphatic carbocycles. The Morgan fingerprint density at radius 3 is 2.68 bits per heavy atom. The zero-order valence-corrected chi connectivity index (χ0v) is 15.5. The molecule has 2 N–H and O–H groups in total. The SMILES string of the molecule is CCCCNC(=O)C[NH+]1CCN(C(=O)CSc2ccccc2F)CC1. The smallest absolute Gasteiger partial charge is 0.275 e. The number of hydrogen-bond acceptors (Lipinski definition) is 3. The van der Waals surface area contributed by atoms with Crippen molar-refractivity contribution >= 4 is 23.6 Å². The lowest BCUT2D eigenvalue weighted by molar-refractivity contribution is -0.896. The van der Waals surface area contributed by atoms with Gasteiger partial charge in [-0.25, -0.2) is 4.39 Å². The maximum Gasteiger partial charge on any atom is 0.275 e. The first-order chi connectivity index (χ1) is 12.1. The zero-order valence-electron chi connectivity index (χ0n) is 14.7. The first-order valence-corrected chi connectivity index (χ1v) is 9.84. The van der Waals surface area contributed by atoms with Crippen LogP contribution in [0.3, 0.4) is 0 Å². The second-order valence-corrected chi connectivity index (χ2v) is 7.25. The number of carbonyl (C=O) groups is 2. The molecule has 138 valence electrons. The fourth-order valence-corrected chi connectivity index (χ4v) is 3.58. The molecule has 2 rings (SSSR count). The lowest BCUT2D eigenvalue weighted by atomic mass is 10.3. The molecule has 25 heavy (non-hydrogen) atoms. The summed E-state index contributed by atoms with van der Waals surface area (Å²) in [6.45, 7) is 6.14. The van der Waals surface area contributed by atoms with E-state index >= 15 is 0 Å². The van der Waals surface area contributed by atoms with E-state index in [1.165, 1.54) is 22.7 Å². The van der Waals surface area contributed by atoms with E-state index in [-0.39, 0.29) is 23.4 Å². The molecule has 1 aromatic carbocycles. The molecule has 0 saturated carbocycles. The van der Waals surface area contributed by atoms with Gasteiger partial charge in [-0.15, -0.1) is 11.8 Å². The lowest BCUT2D eigenvalue weighted by Crippen LogP contribution is -3.15. The number of nitrogens with one attached hydrogen (secondary N) is 2. The van der Waals surface area contributed by atoms with E-state index in [0.29, 0.717) is 24.5 Å². The van der Waals surface area contributed by atoms with Crippen LogP contribution in [0.5, 0.6) is 0 Å². The van der Waals surface area contributed by atoms with Crippen molar-refractivity contribution in [1.82, 2.24) is 10.2 Å². The Hall–Kier alpha value is -1.60. The van der Waals surface area contributed by atoms with Crippen LogP contribution in [-0.4, -0.2) is 61.7 Å². The van der Waals surface area contributed by atoms with Crippen molar-refractivity contribution in [3.8, 4) is 0 Å². The normalized spacial score (nSPS) is 15.2. The van der Waals surface area contributed by atoms with Crippen LogP contribution in [0.1, 0.15) is 19.8 Å². The number of hydrogen-bond donors (Lipinski definition) is 2. The summed E-state index contributed by atoms with van der Waals surface area (Å²) in [7, 11) is 0. The van der Waals surface area contributed by atoms with E-state index in [4.69, 9.17) is 0 Å².